The van der Waals surface area contributed by atoms with Crippen LogP contribution < -0.4 is 10.4 Å². The molecule has 0 atom stereocenters. The van der Waals surface area contributed by atoms with Crippen molar-refractivity contribution in [1.82, 2.24) is 10.5 Å². The van der Waals surface area contributed by atoms with Gasteiger partial charge in [0.15, 0.2) is 0 Å². The van der Waals surface area contributed by atoms with Crippen molar-refractivity contribution in [3.8, 4) is 6.07 Å². The lowest BCUT2D eigenvalue weighted by atomic mass is 9.96. The zero-order valence-corrected chi connectivity index (χ0v) is 13.2. The van der Waals surface area contributed by atoms with Crippen molar-refractivity contribution in [2.45, 2.75) is 44.6 Å². The summed E-state index contributed by atoms with van der Waals surface area (Å²) in [5.41, 5.74) is 3.22. The van der Waals surface area contributed by atoms with Crippen LogP contribution in [0.15, 0.2) is 18.3 Å². The Balaban J connectivity index is 1.45. The molecule has 1 aliphatic heterocycles. The summed E-state index contributed by atoms with van der Waals surface area (Å²) in [7, 11) is 0. The predicted molar refractivity (Wildman–Crippen MR) is 85.4 cm³/mol. The highest BCUT2D eigenvalue weighted by Gasteiger charge is 2.26. The SMILES string of the molecule is N#Cc1ccc(N2CCC(C(=O)NOC3CCCC3)CC2)nc1. The van der Waals surface area contributed by atoms with E-state index < -0.39 is 0 Å². The Bertz CT molecular complexity index is 567. The van der Waals surface area contributed by atoms with Crippen molar-refractivity contribution < 1.29 is 9.63 Å². The standard InChI is InChI=1S/C17H22N4O2/c18-11-13-5-6-16(19-12-13)21-9-7-14(8-10-21)17(22)20-23-15-3-1-2-4-15/h5-6,12,14-15H,1-4,7-10H2,(H,20,22). The van der Waals surface area contributed by atoms with Gasteiger partial charge < -0.3 is 4.90 Å². The number of anilines is 1. The molecule has 1 saturated carbocycles. The lowest BCUT2D eigenvalue weighted by molar-refractivity contribution is -0.143. The summed E-state index contributed by atoms with van der Waals surface area (Å²) < 4.78 is 0. The Kier molecular flexibility index (Phi) is 5.09. The molecule has 0 unspecified atom stereocenters. The Morgan fingerprint density at radius 2 is 2.00 bits per heavy atom. The third-order valence-corrected chi connectivity index (χ3v) is 4.70. The molecule has 0 bridgehead atoms. The zero-order valence-electron chi connectivity index (χ0n) is 13.2. The van der Waals surface area contributed by atoms with Crippen LogP contribution in [0.3, 0.4) is 0 Å². The molecule has 2 heterocycles. The smallest absolute Gasteiger partial charge is 0.246 e. The number of piperidine rings is 1. The molecule has 0 radical (unpaired) electrons. The van der Waals surface area contributed by atoms with Gasteiger partial charge in [0.05, 0.1) is 11.7 Å². The molecule has 2 fully saturated rings. The van der Waals surface area contributed by atoms with Gasteiger partial charge in [-0.25, -0.2) is 10.5 Å². The Morgan fingerprint density at radius 3 is 2.61 bits per heavy atom. The van der Waals surface area contributed by atoms with E-state index in [-0.39, 0.29) is 17.9 Å². The van der Waals surface area contributed by atoms with E-state index in [1.165, 1.54) is 12.8 Å². The predicted octanol–water partition coefficient (Wildman–Crippen LogP) is 2.16. The van der Waals surface area contributed by atoms with E-state index in [1.54, 1.807) is 12.3 Å². The van der Waals surface area contributed by atoms with Gasteiger partial charge in [0.2, 0.25) is 5.91 Å². The molecule has 1 amide bonds. The van der Waals surface area contributed by atoms with Crippen molar-refractivity contribution in [1.29, 1.82) is 5.26 Å². The molecule has 122 valence electrons. The number of carbonyl (C=O) groups is 1. The van der Waals surface area contributed by atoms with Crippen LogP contribution in [0.2, 0.25) is 0 Å². The lowest BCUT2D eigenvalue weighted by Gasteiger charge is -2.32. The number of carbonyl (C=O) groups excluding carboxylic acids is 1. The van der Waals surface area contributed by atoms with Crippen LogP contribution in [0.5, 0.6) is 0 Å². The maximum Gasteiger partial charge on any atom is 0.246 e. The van der Waals surface area contributed by atoms with Crippen LogP contribution in [0.25, 0.3) is 0 Å². The summed E-state index contributed by atoms with van der Waals surface area (Å²) in [4.78, 5) is 24.1. The summed E-state index contributed by atoms with van der Waals surface area (Å²) in [5.74, 6) is 0.875. The van der Waals surface area contributed by atoms with E-state index in [2.05, 4.69) is 21.4 Å². The van der Waals surface area contributed by atoms with Crippen LogP contribution in [0, 0.1) is 17.2 Å². The topological polar surface area (TPSA) is 78.2 Å². The third kappa shape index (κ3) is 3.99. The van der Waals surface area contributed by atoms with Crippen molar-refractivity contribution in [2.24, 2.45) is 5.92 Å². The average molecular weight is 314 g/mol. The molecule has 1 aromatic heterocycles. The van der Waals surface area contributed by atoms with E-state index in [1.807, 2.05) is 6.07 Å². The highest BCUT2D eigenvalue weighted by atomic mass is 16.7. The van der Waals surface area contributed by atoms with E-state index in [0.717, 1.165) is 44.6 Å². The van der Waals surface area contributed by atoms with Crippen LogP contribution in [-0.2, 0) is 9.63 Å². The number of nitriles is 1. The van der Waals surface area contributed by atoms with Crippen molar-refractivity contribution >= 4 is 11.7 Å². The second kappa shape index (κ2) is 7.42. The van der Waals surface area contributed by atoms with Gasteiger partial charge in [0.25, 0.3) is 0 Å². The van der Waals surface area contributed by atoms with Crippen LogP contribution in [0.1, 0.15) is 44.1 Å². The first-order chi connectivity index (χ1) is 11.3. The van der Waals surface area contributed by atoms with E-state index in [4.69, 9.17) is 10.1 Å². The van der Waals surface area contributed by atoms with E-state index in [9.17, 15) is 4.79 Å². The first-order valence-corrected chi connectivity index (χ1v) is 8.33. The fourth-order valence-electron chi connectivity index (χ4n) is 3.24. The number of aromatic nitrogens is 1. The minimum Gasteiger partial charge on any atom is -0.357 e. The van der Waals surface area contributed by atoms with Gasteiger partial charge in [-0.05, 0) is 37.8 Å². The van der Waals surface area contributed by atoms with Gasteiger partial charge in [-0.1, -0.05) is 12.8 Å². The molecular formula is C17H22N4O2. The second-order valence-electron chi connectivity index (χ2n) is 6.27. The minimum atomic E-state index is 0.00402. The number of hydrogen-bond acceptors (Lipinski definition) is 5. The van der Waals surface area contributed by atoms with Gasteiger partial charge in [-0.3, -0.25) is 9.63 Å². The second-order valence-corrected chi connectivity index (χ2v) is 6.27. The average Bonchev–Trinajstić information content (AvgIpc) is 3.13. The van der Waals surface area contributed by atoms with Gasteiger partial charge in [0, 0.05) is 25.2 Å². The number of hydroxylamine groups is 1. The summed E-state index contributed by atoms with van der Waals surface area (Å²) in [5, 5.41) is 8.80. The summed E-state index contributed by atoms with van der Waals surface area (Å²) in [6.45, 7) is 1.58. The molecule has 0 aromatic carbocycles. The zero-order chi connectivity index (χ0) is 16.1. The number of nitrogens with zero attached hydrogens (tertiary/aromatic N) is 3. The fraction of sp³-hybridized carbons (Fsp3) is 0.588. The Hall–Kier alpha value is -2.13. The highest BCUT2D eigenvalue weighted by molar-refractivity contribution is 5.77. The van der Waals surface area contributed by atoms with Gasteiger partial charge in [0.1, 0.15) is 11.9 Å². The Labute approximate surface area is 136 Å². The summed E-state index contributed by atoms with van der Waals surface area (Å²) >= 11 is 0. The molecule has 6 nitrogen and oxygen atoms in total. The van der Waals surface area contributed by atoms with Crippen LogP contribution >= 0.6 is 0 Å². The molecule has 1 saturated heterocycles. The molecule has 1 aliphatic carbocycles. The van der Waals surface area contributed by atoms with E-state index in [0.29, 0.717) is 5.56 Å². The van der Waals surface area contributed by atoms with Crippen LogP contribution in [-0.4, -0.2) is 30.1 Å². The maximum absolute atomic E-state index is 12.2. The Morgan fingerprint density at radius 1 is 1.26 bits per heavy atom. The highest BCUT2D eigenvalue weighted by Crippen LogP contribution is 2.23. The van der Waals surface area contributed by atoms with Gasteiger partial charge in [-0.15, -0.1) is 0 Å². The van der Waals surface area contributed by atoms with Crippen molar-refractivity contribution in [3.63, 3.8) is 0 Å². The van der Waals surface area contributed by atoms with Gasteiger partial charge in [-0.2, -0.15) is 5.26 Å². The normalized spacial score (nSPS) is 19.5. The molecular weight excluding hydrogens is 292 g/mol. The monoisotopic (exact) mass is 314 g/mol. The summed E-state index contributed by atoms with van der Waals surface area (Å²) in [6.07, 6.45) is 7.84. The van der Waals surface area contributed by atoms with Crippen molar-refractivity contribution in [3.05, 3.63) is 23.9 Å². The maximum atomic E-state index is 12.2. The quantitative estimate of drug-likeness (QED) is 0.862. The molecule has 2 aliphatic rings. The number of pyridine rings is 1. The number of nitrogens with one attached hydrogen (secondary N) is 1. The third-order valence-electron chi connectivity index (χ3n) is 4.70. The first-order valence-electron chi connectivity index (χ1n) is 8.33. The van der Waals surface area contributed by atoms with Crippen molar-refractivity contribution in [2.75, 3.05) is 18.0 Å². The molecule has 3 rings (SSSR count). The first kappa shape index (κ1) is 15.8. The lowest BCUT2D eigenvalue weighted by Crippen LogP contribution is -2.41. The molecule has 0 spiro atoms. The largest absolute Gasteiger partial charge is 0.357 e. The van der Waals surface area contributed by atoms with Gasteiger partial charge >= 0.3 is 0 Å². The molecule has 1 N–H and O–H groups in total. The molecule has 1 aromatic rings. The number of hydrogen-bond donors (Lipinski definition) is 1. The number of rotatable bonds is 4. The fourth-order valence-corrected chi connectivity index (χ4v) is 3.24. The minimum absolute atomic E-state index is 0.00402. The number of amides is 1. The molecule has 23 heavy (non-hydrogen) atoms. The summed E-state index contributed by atoms with van der Waals surface area (Å²) in [6, 6.07) is 5.71. The van der Waals surface area contributed by atoms with Crippen LogP contribution in [0.4, 0.5) is 5.82 Å². The van der Waals surface area contributed by atoms with E-state index >= 15 is 0 Å². The molecule has 6 heteroatoms.